The molecule has 19 heavy (non-hydrogen) atoms. The second-order valence-electron chi connectivity index (χ2n) is 4.70. The third-order valence-electron chi connectivity index (χ3n) is 3.27. The molecule has 1 heterocycles. The molecule has 1 atom stereocenters. The maximum absolute atomic E-state index is 12.4. The number of sulfonamides is 1. The number of hydrogen-bond acceptors (Lipinski definition) is 3. The fraction of sp³-hybridized carbons (Fsp3) is 0.538. The SMILES string of the molecule is CN(CC1CCCO1)S(=O)(=O)c1ccc(CCl)cc1. The van der Waals surface area contributed by atoms with Gasteiger partial charge in [-0.05, 0) is 30.5 Å². The number of likely N-dealkylation sites (N-methyl/N-ethyl adjacent to an activating group) is 1. The van der Waals surface area contributed by atoms with Gasteiger partial charge in [0, 0.05) is 26.1 Å². The first-order valence-corrected chi connectivity index (χ1v) is 8.24. The monoisotopic (exact) mass is 303 g/mol. The van der Waals surface area contributed by atoms with E-state index in [-0.39, 0.29) is 6.10 Å². The van der Waals surface area contributed by atoms with E-state index in [2.05, 4.69) is 0 Å². The smallest absolute Gasteiger partial charge is 0.242 e. The number of nitrogens with zero attached hydrogens (tertiary/aromatic N) is 1. The van der Waals surface area contributed by atoms with Crippen LogP contribution in [0.3, 0.4) is 0 Å². The van der Waals surface area contributed by atoms with Crippen molar-refractivity contribution in [3.8, 4) is 0 Å². The standard InChI is InChI=1S/C13H18ClNO3S/c1-15(10-12-3-2-8-18-12)19(16,17)13-6-4-11(9-14)5-7-13/h4-7,12H,2-3,8-10H2,1H3. The summed E-state index contributed by atoms with van der Waals surface area (Å²) in [6.07, 6.45) is 1.94. The predicted octanol–water partition coefficient (Wildman–Crippen LogP) is 2.22. The molecule has 0 spiro atoms. The van der Waals surface area contributed by atoms with Crippen LogP contribution in [-0.2, 0) is 20.6 Å². The quantitative estimate of drug-likeness (QED) is 0.784. The molecule has 106 valence electrons. The van der Waals surface area contributed by atoms with Crippen LogP contribution in [0, 0.1) is 0 Å². The van der Waals surface area contributed by atoms with Gasteiger partial charge in [-0.25, -0.2) is 8.42 Å². The molecular weight excluding hydrogens is 286 g/mol. The number of rotatable bonds is 5. The molecule has 1 aliphatic heterocycles. The molecule has 0 bridgehead atoms. The minimum absolute atomic E-state index is 0.0156. The highest BCUT2D eigenvalue weighted by molar-refractivity contribution is 7.89. The van der Waals surface area contributed by atoms with Crippen molar-refractivity contribution in [1.82, 2.24) is 4.31 Å². The first-order chi connectivity index (χ1) is 9.04. The van der Waals surface area contributed by atoms with Gasteiger partial charge in [0.25, 0.3) is 0 Å². The van der Waals surface area contributed by atoms with Gasteiger partial charge in [-0.1, -0.05) is 12.1 Å². The van der Waals surface area contributed by atoms with E-state index in [4.69, 9.17) is 16.3 Å². The van der Waals surface area contributed by atoms with Gasteiger partial charge in [-0.15, -0.1) is 11.6 Å². The Morgan fingerprint density at radius 3 is 2.58 bits per heavy atom. The summed E-state index contributed by atoms with van der Waals surface area (Å²) in [7, 11) is -1.85. The van der Waals surface area contributed by atoms with Gasteiger partial charge in [-0.3, -0.25) is 0 Å². The Morgan fingerprint density at radius 1 is 1.37 bits per heavy atom. The molecule has 1 unspecified atom stereocenters. The van der Waals surface area contributed by atoms with E-state index < -0.39 is 10.0 Å². The Labute approximate surface area is 119 Å². The molecule has 2 rings (SSSR count). The molecule has 0 amide bonds. The molecule has 4 nitrogen and oxygen atoms in total. The molecule has 6 heteroatoms. The maximum atomic E-state index is 12.4. The predicted molar refractivity (Wildman–Crippen MR) is 74.8 cm³/mol. The van der Waals surface area contributed by atoms with Crippen LogP contribution in [0.4, 0.5) is 0 Å². The minimum Gasteiger partial charge on any atom is -0.377 e. The van der Waals surface area contributed by atoms with E-state index in [0.717, 1.165) is 25.0 Å². The molecule has 0 saturated carbocycles. The fourth-order valence-corrected chi connectivity index (χ4v) is 3.48. The maximum Gasteiger partial charge on any atom is 0.242 e. The number of benzene rings is 1. The van der Waals surface area contributed by atoms with Crippen molar-refractivity contribution in [1.29, 1.82) is 0 Å². The van der Waals surface area contributed by atoms with Crippen molar-refractivity contribution in [2.45, 2.75) is 29.7 Å². The molecule has 0 aromatic heterocycles. The summed E-state index contributed by atoms with van der Waals surface area (Å²) >= 11 is 5.69. The number of hydrogen-bond donors (Lipinski definition) is 0. The molecule has 1 aliphatic rings. The molecule has 1 aromatic rings. The van der Waals surface area contributed by atoms with E-state index in [0.29, 0.717) is 17.3 Å². The van der Waals surface area contributed by atoms with Crippen LogP contribution in [0.15, 0.2) is 29.2 Å². The van der Waals surface area contributed by atoms with E-state index in [1.807, 2.05) is 0 Å². The van der Waals surface area contributed by atoms with E-state index in [1.165, 1.54) is 4.31 Å². The Morgan fingerprint density at radius 2 is 2.05 bits per heavy atom. The lowest BCUT2D eigenvalue weighted by Crippen LogP contribution is -2.34. The summed E-state index contributed by atoms with van der Waals surface area (Å²) in [5.41, 5.74) is 0.905. The van der Waals surface area contributed by atoms with Crippen molar-refractivity contribution < 1.29 is 13.2 Å². The van der Waals surface area contributed by atoms with Crippen LogP contribution >= 0.6 is 11.6 Å². The lowest BCUT2D eigenvalue weighted by atomic mass is 10.2. The van der Waals surface area contributed by atoms with Crippen LogP contribution in [0.5, 0.6) is 0 Å². The van der Waals surface area contributed by atoms with Gasteiger partial charge in [-0.2, -0.15) is 4.31 Å². The summed E-state index contributed by atoms with van der Waals surface area (Å²) in [4.78, 5) is 0.293. The second kappa shape index (κ2) is 6.22. The summed E-state index contributed by atoms with van der Waals surface area (Å²) in [5.74, 6) is 0.381. The number of ether oxygens (including phenoxy) is 1. The fourth-order valence-electron chi connectivity index (χ4n) is 2.10. The van der Waals surface area contributed by atoms with Crippen molar-refractivity contribution in [3.05, 3.63) is 29.8 Å². The van der Waals surface area contributed by atoms with E-state index in [9.17, 15) is 8.42 Å². The average molecular weight is 304 g/mol. The van der Waals surface area contributed by atoms with Gasteiger partial charge in [0.05, 0.1) is 11.0 Å². The van der Waals surface area contributed by atoms with Crippen LogP contribution in [0.25, 0.3) is 0 Å². The van der Waals surface area contributed by atoms with Crippen LogP contribution in [-0.4, -0.2) is 39.0 Å². The zero-order valence-electron chi connectivity index (χ0n) is 10.9. The Kier molecular flexibility index (Phi) is 4.84. The van der Waals surface area contributed by atoms with Gasteiger partial charge in [0.15, 0.2) is 0 Å². The summed E-state index contributed by atoms with van der Waals surface area (Å²) in [5, 5.41) is 0. The highest BCUT2D eigenvalue weighted by Gasteiger charge is 2.25. The van der Waals surface area contributed by atoms with Gasteiger partial charge >= 0.3 is 0 Å². The van der Waals surface area contributed by atoms with Gasteiger partial charge in [0.2, 0.25) is 10.0 Å². The molecule has 1 saturated heterocycles. The Bertz CT molecular complexity index is 509. The van der Waals surface area contributed by atoms with Crippen LogP contribution in [0.1, 0.15) is 18.4 Å². The highest BCUT2D eigenvalue weighted by Crippen LogP contribution is 2.19. The van der Waals surface area contributed by atoms with Crippen molar-refractivity contribution >= 4 is 21.6 Å². The minimum atomic E-state index is -3.44. The second-order valence-corrected chi connectivity index (χ2v) is 7.01. The van der Waals surface area contributed by atoms with Crippen LogP contribution < -0.4 is 0 Å². The molecule has 0 N–H and O–H groups in total. The van der Waals surface area contributed by atoms with Crippen molar-refractivity contribution in [2.24, 2.45) is 0 Å². The number of halogens is 1. The highest BCUT2D eigenvalue weighted by atomic mass is 35.5. The molecular formula is C13H18ClNO3S. The van der Waals surface area contributed by atoms with E-state index in [1.54, 1.807) is 31.3 Å². The number of alkyl halides is 1. The summed E-state index contributed by atoms with van der Waals surface area (Å²) in [6, 6.07) is 6.66. The summed E-state index contributed by atoms with van der Waals surface area (Å²) in [6.45, 7) is 1.13. The van der Waals surface area contributed by atoms with Crippen molar-refractivity contribution in [2.75, 3.05) is 20.2 Å². The zero-order chi connectivity index (χ0) is 13.9. The molecule has 1 fully saturated rings. The normalized spacial score (nSPS) is 20.1. The lowest BCUT2D eigenvalue weighted by Gasteiger charge is -2.20. The van der Waals surface area contributed by atoms with E-state index >= 15 is 0 Å². The topological polar surface area (TPSA) is 46.6 Å². The van der Waals surface area contributed by atoms with Gasteiger partial charge in [0.1, 0.15) is 0 Å². The Balaban J connectivity index is 2.10. The third kappa shape index (κ3) is 3.48. The first-order valence-electron chi connectivity index (χ1n) is 6.27. The summed E-state index contributed by atoms with van der Waals surface area (Å²) < 4.78 is 31.5. The van der Waals surface area contributed by atoms with Crippen LogP contribution in [0.2, 0.25) is 0 Å². The lowest BCUT2D eigenvalue weighted by molar-refractivity contribution is 0.0979. The van der Waals surface area contributed by atoms with Gasteiger partial charge < -0.3 is 4.74 Å². The zero-order valence-corrected chi connectivity index (χ0v) is 12.5. The average Bonchev–Trinajstić information content (AvgIpc) is 2.91. The van der Waals surface area contributed by atoms with Crippen molar-refractivity contribution in [3.63, 3.8) is 0 Å². The molecule has 1 aromatic carbocycles. The largest absolute Gasteiger partial charge is 0.377 e. The third-order valence-corrected chi connectivity index (χ3v) is 5.42. The first kappa shape index (κ1) is 14.8. The molecule has 0 radical (unpaired) electrons. The molecule has 0 aliphatic carbocycles. The Hall–Kier alpha value is -0.620.